The molecule has 1 aromatic heterocycles. The summed E-state index contributed by atoms with van der Waals surface area (Å²) in [5.41, 5.74) is 3.13. The van der Waals surface area contributed by atoms with Crippen molar-refractivity contribution >= 4 is 5.70 Å². The van der Waals surface area contributed by atoms with Crippen molar-refractivity contribution in [3.05, 3.63) is 47.0 Å². The van der Waals surface area contributed by atoms with E-state index in [0.717, 1.165) is 49.6 Å². The van der Waals surface area contributed by atoms with Crippen LogP contribution in [0.25, 0.3) is 17.0 Å². The topological polar surface area (TPSA) is 32.5 Å². The highest BCUT2D eigenvalue weighted by atomic mass is 19.2. The molecule has 1 fully saturated rings. The van der Waals surface area contributed by atoms with Gasteiger partial charge in [-0.1, -0.05) is 13.0 Å². The van der Waals surface area contributed by atoms with Crippen LogP contribution in [0.2, 0.25) is 0 Å². The van der Waals surface area contributed by atoms with E-state index in [2.05, 4.69) is 27.9 Å². The molecule has 4 rings (SSSR count). The Bertz CT molecular complexity index is 866. The van der Waals surface area contributed by atoms with Crippen molar-refractivity contribution in [1.29, 1.82) is 0 Å². The first kappa shape index (κ1) is 17.2. The number of aryl methyl sites for hydroxylation is 1. The third-order valence-corrected chi connectivity index (χ3v) is 5.35. The van der Waals surface area contributed by atoms with Crippen LogP contribution in [0.15, 0.2) is 22.6 Å². The van der Waals surface area contributed by atoms with E-state index >= 15 is 0 Å². The lowest BCUT2D eigenvalue weighted by Crippen LogP contribution is -2.43. The first-order valence-electron chi connectivity index (χ1n) is 9.05. The molecule has 1 unspecified atom stereocenters. The molecule has 1 saturated heterocycles. The normalized spacial score (nSPS) is 22.9. The Balaban J connectivity index is 1.86. The maximum absolute atomic E-state index is 14.0. The molecular weight excluding hydrogens is 336 g/mol. The predicted octanol–water partition coefficient (Wildman–Crippen LogP) is 4.02. The monoisotopic (exact) mass is 359 g/mol. The van der Waals surface area contributed by atoms with Crippen LogP contribution >= 0.6 is 0 Å². The molecule has 1 atom stereocenters. The summed E-state index contributed by atoms with van der Waals surface area (Å²) in [5.74, 6) is -0.562. The molecule has 4 nitrogen and oxygen atoms in total. The summed E-state index contributed by atoms with van der Waals surface area (Å²) in [7, 11) is 2.12. The fraction of sp³-hybridized carbons (Fsp3) is 0.450. The maximum Gasteiger partial charge on any atom is 0.192 e. The lowest BCUT2D eigenvalue weighted by Gasteiger charge is -2.36. The third-order valence-electron chi connectivity index (χ3n) is 5.35. The minimum absolute atomic E-state index is 0.0566. The quantitative estimate of drug-likeness (QED) is 0.770. The lowest BCUT2D eigenvalue weighted by molar-refractivity contribution is 0.206. The molecule has 1 aliphatic heterocycles. The van der Waals surface area contributed by atoms with Crippen molar-refractivity contribution in [3.63, 3.8) is 0 Å². The summed E-state index contributed by atoms with van der Waals surface area (Å²) < 4.78 is 33.7. The van der Waals surface area contributed by atoms with Crippen molar-refractivity contribution in [2.24, 2.45) is 0 Å². The second kappa shape index (κ2) is 6.50. The van der Waals surface area contributed by atoms with E-state index in [1.807, 2.05) is 6.92 Å². The first-order chi connectivity index (χ1) is 12.4. The maximum atomic E-state index is 14.0. The van der Waals surface area contributed by atoms with Crippen LogP contribution in [-0.2, 0) is 0 Å². The standard InChI is InChI=1S/C20H23F2N3O/c1-12-4-5-18(25-8-6-24(3)7-9-25)19-20(26-13(2)23-19)15-11-17(22)16(21)10-14(12)15/h5,10-12H,4,6-9H2,1-3H3/b18-5-. The summed E-state index contributed by atoms with van der Waals surface area (Å²) in [6.07, 6.45) is 2.91. The average Bonchev–Trinajstić information content (AvgIpc) is 2.98. The van der Waals surface area contributed by atoms with E-state index in [1.165, 1.54) is 12.1 Å². The van der Waals surface area contributed by atoms with Gasteiger partial charge in [-0.2, -0.15) is 0 Å². The van der Waals surface area contributed by atoms with E-state index in [1.54, 1.807) is 6.92 Å². The number of rotatable bonds is 1. The molecule has 138 valence electrons. The summed E-state index contributed by atoms with van der Waals surface area (Å²) in [6, 6.07) is 2.54. The SMILES string of the molecule is Cc1nc2c(o1)-c1cc(F)c(F)cc1C(C)C/C=C/2N1CCN(C)CC1. The number of piperazine rings is 1. The summed E-state index contributed by atoms with van der Waals surface area (Å²) in [5, 5.41) is 0. The van der Waals surface area contributed by atoms with Gasteiger partial charge < -0.3 is 14.2 Å². The Morgan fingerprint density at radius 1 is 1.12 bits per heavy atom. The zero-order valence-corrected chi connectivity index (χ0v) is 15.4. The van der Waals surface area contributed by atoms with Gasteiger partial charge in [0.1, 0.15) is 5.69 Å². The predicted molar refractivity (Wildman–Crippen MR) is 96.7 cm³/mol. The van der Waals surface area contributed by atoms with Gasteiger partial charge in [0.15, 0.2) is 23.3 Å². The van der Waals surface area contributed by atoms with Crippen LogP contribution in [0, 0.1) is 18.6 Å². The highest BCUT2D eigenvalue weighted by Gasteiger charge is 2.29. The zero-order chi connectivity index (χ0) is 18.4. The highest BCUT2D eigenvalue weighted by Crippen LogP contribution is 2.41. The molecule has 2 aliphatic rings. The number of likely N-dealkylation sites (N-methyl/N-ethyl adjacent to an activating group) is 1. The molecule has 6 heteroatoms. The van der Waals surface area contributed by atoms with E-state index in [9.17, 15) is 8.78 Å². The molecule has 0 spiro atoms. The fourth-order valence-corrected chi connectivity index (χ4v) is 3.79. The summed E-state index contributed by atoms with van der Waals surface area (Å²) >= 11 is 0. The molecule has 1 aromatic carbocycles. The van der Waals surface area contributed by atoms with Crippen molar-refractivity contribution in [2.45, 2.75) is 26.2 Å². The Morgan fingerprint density at radius 2 is 1.81 bits per heavy atom. The third kappa shape index (κ3) is 2.92. The largest absolute Gasteiger partial charge is 0.440 e. The van der Waals surface area contributed by atoms with Crippen molar-refractivity contribution < 1.29 is 13.2 Å². The molecule has 2 heterocycles. The fourth-order valence-electron chi connectivity index (χ4n) is 3.79. The van der Waals surface area contributed by atoms with E-state index < -0.39 is 11.6 Å². The van der Waals surface area contributed by atoms with Gasteiger partial charge >= 0.3 is 0 Å². The Morgan fingerprint density at radius 3 is 2.54 bits per heavy atom. The number of halogens is 2. The number of oxazole rings is 1. The molecular formula is C20H23F2N3O. The van der Waals surface area contributed by atoms with Gasteiger partial charge in [0.2, 0.25) is 0 Å². The van der Waals surface area contributed by atoms with Crippen LogP contribution in [0.5, 0.6) is 0 Å². The van der Waals surface area contributed by atoms with Crippen LogP contribution in [0.3, 0.4) is 0 Å². The Hall–Kier alpha value is -2.21. The van der Waals surface area contributed by atoms with Crippen molar-refractivity contribution in [3.8, 4) is 11.3 Å². The van der Waals surface area contributed by atoms with Gasteiger partial charge in [-0.15, -0.1) is 0 Å². The molecule has 0 bridgehead atoms. The first-order valence-corrected chi connectivity index (χ1v) is 9.05. The Kier molecular flexibility index (Phi) is 4.31. The molecule has 2 aromatic rings. The molecule has 1 aliphatic carbocycles. The van der Waals surface area contributed by atoms with Crippen molar-refractivity contribution in [2.75, 3.05) is 33.2 Å². The number of hydrogen-bond acceptors (Lipinski definition) is 4. The summed E-state index contributed by atoms with van der Waals surface area (Å²) in [4.78, 5) is 9.21. The van der Waals surface area contributed by atoms with Gasteiger partial charge in [-0.05, 0) is 37.1 Å². The minimum atomic E-state index is -0.860. The number of benzene rings is 1. The average molecular weight is 359 g/mol. The molecule has 26 heavy (non-hydrogen) atoms. The molecule has 0 amide bonds. The van der Waals surface area contributed by atoms with Crippen molar-refractivity contribution in [1.82, 2.24) is 14.8 Å². The second-order valence-electron chi connectivity index (χ2n) is 7.28. The van der Waals surface area contributed by atoms with Gasteiger partial charge in [0, 0.05) is 38.7 Å². The van der Waals surface area contributed by atoms with Crippen LogP contribution < -0.4 is 0 Å². The Labute approximate surface area is 152 Å². The van der Waals surface area contributed by atoms with Gasteiger partial charge in [0.05, 0.1) is 5.70 Å². The number of hydrogen-bond donors (Lipinski definition) is 0. The lowest BCUT2D eigenvalue weighted by atomic mass is 9.88. The number of aromatic nitrogens is 1. The second-order valence-corrected chi connectivity index (χ2v) is 7.28. The van der Waals surface area contributed by atoms with Crippen LogP contribution in [-0.4, -0.2) is 48.0 Å². The van der Waals surface area contributed by atoms with Crippen LogP contribution in [0.4, 0.5) is 8.78 Å². The smallest absolute Gasteiger partial charge is 0.192 e. The number of nitrogens with zero attached hydrogens (tertiary/aromatic N) is 3. The van der Waals surface area contributed by atoms with E-state index in [4.69, 9.17) is 4.42 Å². The highest BCUT2D eigenvalue weighted by molar-refractivity contribution is 5.78. The van der Waals surface area contributed by atoms with Gasteiger partial charge in [-0.25, -0.2) is 13.8 Å². The van der Waals surface area contributed by atoms with Gasteiger partial charge in [0.25, 0.3) is 0 Å². The van der Waals surface area contributed by atoms with Gasteiger partial charge in [-0.3, -0.25) is 0 Å². The molecule has 0 saturated carbocycles. The number of fused-ring (bicyclic) bond motifs is 3. The van der Waals surface area contributed by atoms with E-state index in [0.29, 0.717) is 17.2 Å². The molecule has 0 radical (unpaired) electrons. The summed E-state index contributed by atoms with van der Waals surface area (Å²) in [6.45, 7) is 7.60. The van der Waals surface area contributed by atoms with Crippen LogP contribution in [0.1, 0.15) is 36.4 Å². The minimum Gasteiger partial charge on any atom is -0.440 e. The number of allylic oxidation sites excluding steroid dienone is 1. The molecule has 0 N–H and O–H groups in total. The van der Waals surface area contributed by atoms with E-state index in [-0.39, 0.29) is 5.92 Å². The zero-order valence-electron chi connectivity index (χ0n) is 15.4.